The number of anilines is 2. The number of carbonyl (C=O) groups excluding carboxylic acids is 1. The highest BCUT2D eigenvalue weighted by Gasteiger charge is 2.27. The van der Waals surface area contributed by atoms with Crippen LogP contribution in [0.15, 0.2) is 30.5 Å². The van der Waals surface area contributed by atoms with Crippen LogP contribution in [-0.4, -0.2) is 64.8 Å². The molecular weight excluding hydrogens is 398 g/mol. The number of hydrogen-bond donors (Lipinski definition) is 2. The van der Waals surface area contributed by atoms with E-state index in [-0.39, 0.29) is 18.1 Å². The van der Waals surface area contributed by atoms with Crippen molar-refractivity contribution in [1.82, 2.24) is 19.9 Å². The highest BCUT2D eigenvalue weighted by molar-refractivity contribution is 5.95. The predicted octanol–water partition coefficient (Wildman–Crippen LogP) is 3.36. The van der Waals surface area contributed by atoms with Crippen LogP contribution in [0.2, 0.25) is 0 Å². The third-order valence-corrected chi connectivity index (χ3v) is 5.06. The maximum absolute atomic E-state index is 13.0. The van der Waals surface area contributed by atoms with Crippen LogP contribution in [0.4, 0.5) is 11.6 Å². The Balaban J connectivity index is 1.59. The molecule has 1 aliphatic heterocycles. The van der Waals surface area contributed by atoms with Crippen molar-refractivity contribution in [1.29, 1.82) is 0 Å². The summed E-state index contributed by atoms with van der Waals surface area (Å²) in [5, 5.41) is 3.99. The first-order chi connectivity index (χ1) is 15.0. The van der Waals surface area contributed by atoms with Gasteiger partial charge in [-0.1, -0.05) is 0 Å². The summed E-state index contributed by atoms with van der Waals surface area (Å²) in [6, 6.07) is 7.17. The van der Waals surface area contributed by atoms with Crippen molar-refractivity contribution in [2.24, 2.45) is 0 Å². The number of fused-ring (bicyclic) bond motifs is 1. The molecule has 164 valence electrons. The van der Waals surface area contributed by atoms with Gasteiger partial charge in [0, 0.05) is 24.8 Å². The molecule has 0 bridgehead atoms. The van der Waals surface area contributed by atoms with Gasteiger partial charge in [-0.2, -0.15) is 9.97 Å². The van der Waals surface area contributed by atoms with E-state index in [0.717, 1.165) is 5.39 Å². The molecule has 1 aromatic carbocycles. The number of aromatic amines is 1. The van der Waals surface area contributed by atoms with Crippen LogP contribution < -0.4 is 14.8 Å². The topological polar surface area (TPSA) is 102 Å². The number of nitrogens with zero attached hydrogens (tertiary/aromatic N) is 3. The highest BCUT2D eigenvalue weighted by atomic mass is 16.5. The molecule has 3 aromatic rings. The lowest BCUT2D eigenvalue weighted by Crippen LogP contribution is -2.48. The summed E-state index contributed by atoms with van der Waals surface area (Å²) >= 11 is 0. The van der Waals surface area contributed by atoms with E-state index in [1.807, 2.05) is 31.7 Å². The fraction of sp³-hybridized carbons (Fsp3) is 0.409. The molecule has 1 amide bonds. The standard InChI is InChI=1S/C22H27N5O4/c1-5-30-20-16-8-9-23-19(16)25-22(26-20)24-17-7-6-15(10-18(17)29-4)21(28)27-11-13(2)31-14(3)12-27/h6-10,13-14H,5,11-12H2,1-4H3,(H2,23,24,25,26)/t13-,14+. The molecular formula is C22H27N5O4. The van der Waals surface area contributed by atoms with Gasteiger partial charge in [-0.3, -0.25) is 4.79 Å². The van der Waals surface area contributed by atoms with Crippen molar-refractivity contribution in [2.75, 3.05) is 32.1 Å². The third kappa shape index (κ3) is 4.41. The van der Waals surface area contributed by atoms with Gasteiger partial charge in [0.25, 0.3) is 5.91 Å². The molecule has 0 radical (unpaired) electrons. The van der Waals surface area contributed by atoms with E-state index in [1.54, 1.807) is 31.5 Å². The number of carbonyl (C=O) groups is 1. The van der Waals surface area contributed by atoms with E-state index in [9.17, 15) is 4.79 Å². The van der Waals surface area contributed by atoms with Crippen LogP contribution >= 0.6 is 0 Å². The number of nitrogens with one attached hydrogen (secondary N) is 2. The highest BCUT2D eigenvalue weighted by Crippen LogP contribution is 2.30. The van der Waals surface area contributed by atoms with Crippen LogP contribution in [0.3, 0.4) is 0 Å². The molecule has 2 atom stereocenters. The summed E-state index contributed by atoms with van der Waals surface area (Å²) in [7, 11) is 1.56. The molecule has 1 saturated heterocycles. The maximum atomic E-state index is 13.0. The number of benzene rings is 1. The molecule has 9 nitrogen and oxygen atoms in total. The van der Waals surface area contributed by atoms with Gasteiger partial charge in [-0.15, -0.1) is 0 Å². The summed E-state index contributed by atoms with van der Waals surface area (Å²) in [5.41, 5.74) is 1.87. The smallest absolute Gasteiger partial charge is 0.254 e. The molecule has 3 heterocycles. The Morgan fingerprint density at radius 3 is 2.74 bits per heavy atom. The minimum Gasteiger partial charge on any atom is -0.495 e. The minimum atomic E-state index is -0.0467. The fourth-order valence-electron chi connectivity index (χ4n) is 3.79. The Morgan fingerprint density at radius 2 is 2.03 bits per heavy atom. The van der Waals surface area contributed by atoms with Crippen LogP contribution in [0, 0.1) is 0 Å². The minimum absolute atomic E-state index is 0.00938. The monoisotopic (exact) mass is 425 g/mol. The van der Waals surface area contributed by atoms with Gasteiger partial charge in [0.05, 0.1) is 37.0 Å². The van der Waals surface area contributed by atoms with E-state index in [4.69, 9.17) is 14.2 Å². The predicted molar refractivity (Wildman–Crippen MR) is 117 cm³/mol. The molecule has 31 heavy (non-hydrogen) atoms. The molecule has 1 fully saturated rings. The molecule has 2 aromatic heterocycles. The quantitative estimate of drug-likeness (QED) is 0.624. The number of methoxy groups -OCH3 is 1. The van der Waals surface area contributed by atoms with Crippen molar-refractivity contribution in [3.8, 4) is 11.6 Å². The van der Waals surface area contributed by atoms with Crippen molar-refractivity contribution in [3.05, 3.63) is 36.0 Å². The lowest BCUT2D eigenvalue weighted by Gasteiger charge is -2.35. The normalized spacial score (nSPS) is 18.8. The second-order valence-corrected chi connectivity index (χ2v) is 7.53. The molecule has 4 rings (SSSR count). The van der Waals surface area contributed by atoms with Gasteiger partial charge >= 0.3 is 0 Å². The van der Waals surface area contributed by atoms with Crippen molar-refractivity contribution in [3.63, 3.8) is 0 Å². The summed E-state index contributed by atoms with van der Waals surface area (Å²) in [4.78, 5) is 26.9. The first kappa shape index (κ1) is 20.9. The van der Waals surface area contributed by atoms with E-state index in [0.29, 0.717) is 54.2 Å². The van der Waals surface area contributed by atoms with Gasteiger partial charge in [0.15, 0.2) is 0 Å². The number of aromatic nitrogens is 3. The first-order valence-corrected chi connectivity index (χ1v) is 10.4. The molecule has 0 spiro atoms. The zero-order valence-corrected chi connectivity index (χ0v) is 18.1. The Hall–Kier alpha value is -3.33. The molecule has 9 heteroatoms. The summed E-state index contributed by atoms with van der Waals surface area (Å²) in [5.74, 6) is 1.34. The van der Waals surface area contributed by atoms with Gasteiger partial charge in [-0.25, -0.2) is 0 Å². The van der Waals surface area contributed by atoms with Crippen LogP contribution in [0.1, 0.15) is 31.1 Å². The Bertz CT molecular complexity index is 1070. The second-order valence-electron chi connectivity index (χ2n) is 7.53. The number of amides is 1. The van der Waals surface area contributed by atoms with E-state index in [2.05, 4.69) is 20.3 Å². The molecule has 1 aliphatic rings. The van der Waals surface area contributed by atoms with Crippen molar-refractivity contribution < 1.29 is 19.0 Å². The van der Waals surface area contributed by atoms with Crippen molar-refractivity contribution in [2.45, 2.75) is 33.0 Å². The Morgan fingerprint density at radius 1 is 1.26 bits per heavy atom. The largest absolute Gasteiger partial charge is 0.495 e. The molecule has 2 N–H and O–H groups in total. The summed E-state index contributed by atoms with van der Waals surface area (Å²) in [6.07, 6.45) is 1.81. The number of morpholine rings is 1. The number of hydrogen-bond acceptors (Lipinski definition) is 7. The fourth-order valence-corrected chi connectivity index (χ4v) is 3.79. The number of rotatable bonds is 6. The van der Waals surface area contributed by atoms with Gasteiger partial charge in [0.2, 0.25) is 11.8 Å². The third-order valence-electron chi connectivity index (χ3n) is 5.06. The summed E-state index contributed by atoms with van der Waals surface area (Å²) in [6.45, 7) is 7.48. The van der Waals surface area contributed by atoms with E-state index < -0.39 is 0 Å². The van der Waals surface area contributed by atoms with E-state index >= 15 is 0 Å². The van der Waals surface area contributed by atoms with Crippen molar-refractivity contribution >= 4 is 28.6 Å². The van der Waals surface area contributed by atoms with Crippen LogP contribution in [-0.2, 0) is 4.74 Å². The summed E-state index contributed by atoms with van der Waals surface area (Å²) < 4.78 is 16.9. The average Bonchev–Trinajstić information content (AvgIpc) is 3.22. The Labute approximate surface area is 180 Å². The zero-order valence-electron chi connectivity index (χ0n) is 18.1. The van der Waals surface area contributed by atoms with Gasteiger partial charge in [-0.05, 0) is 45.0 Å². The molecule has 0 aliphatic carbocycles. The lowest BCUT2D eigenvalue weighted by molar-refractivity contribution is -0.0586. The Kier molecular flexibility index (Phi) is 5.94. The van der Waals surface area contributed by atoms with Crippen LogP contribution in [0.5, 0.6) is 11.6 Å². The second kappa shape index (κ2) is 8.81. The molecule has 0 unspecified atom stereocenters. The maximum Gasteiger partial charge on any atom is 0.254 e. The molecule has 0 saturated carbocycles. The number of H-pyrrole nitrogens is 1. The van der Waals surface area contributed by atoms with Gasteiger partial charge in [0.1, 0.15) is 11.4 Å². The van der Waals surface area contributed by atoms with Crippen LogP contribution in [0.25, 0.3) is 11.0 Å². The number of ether oxygens (including phenoxy) is 3. The lowest BCUT2D eigenvalue weighted by atomic mass is 10.1. The first-order valence-electron chi connectivity index (χ1n) is 10.4. The average molecular weight is 425 g/mol. The zero-order chi connectivity index (χ0) is 22.0. The SMILES string of the molecule is CCOc1nc(Nc2ccc(C(=O)N3C[C@@H](C)O[C@@H](C)C3)cc2OC)nc2[nH]ccc12. The van der Waals surface area contributed by atoms with E-state index in [1.165, 1.54) is 0 Å². The van der Waals surface area contributed by atoms with Gasteiger partial charge < -0.3 is 29.4 Å².